The number of hydrogen-bond donors (Lipinski definition) is 0. The summed E-state index contributed by atoms with van der Waals surface area (Å²) < 4.78 is 52.6. The minimum atomic E-state index is -3.68. The molecule has 3 aromatic heterocycles. The van der Waals surface area contributed by atoms with Crippen LogP contribution in [0.5, 0.6) is 0 Å². The number of ketones is 1. The van der Waals surface area contributed by atoms with Gasteiger partial charge < -0.3 is 9.15 Å². The van der Waals surface area contributed by atoms with Gasteiger partial charge in [0.1, 0.15) is 22.2 Å². The van der Waals surface area contributed by atoms with Crippen molar-refractivity contribution in [1.82, 2.24) is 9.97 Å². The largest absolute Gasteiger partial charge is 0.455 e. The first-order chi connectivity index (χ1) is 20.4. The summed E-state index contributed by atoms with van der Waals surface area (Å²) in [5.74, 6) is -0.262. The molecule has 0 fully saturated rings. The van der Waals surface area contributed by atoms with Crippen molar-refractivity contribution in [3.05, 3.63) is 76.8 Å². The third-order valence-corrected chi connectivity index (χ3v) is 10.3. The number of carbonyl (C=O) groups is 1. The van der Waals surface area contributed by atoms with Crippen LogP contribution in [0.1, 0.15) is 48.1 Å². The van der Waals surface area contributed by atoms with Gasteiger partial charge in [-0.3, -0.25) is 14.1 Å². The van der Waals surface area contributed by atoms with E-state index in [0.717, 1.165) is 33.8 Å². The molecule has 0 radical (unpaired) electrons. The molecule has 2 aromatic carbocycles. The van der Waals surface area contributed by atoms with Crippen LogP contribution in [-0.4, -0.2) is 44.1 Å². The molecule has 0 atom stereocenters. The van der Waals surface area contributed by atoms with E-state index in [1.807, 2.05) is 19.9 Å². The molecule has 1 aliphatic heterocycles. The lowest BCUT2D eigenvalue weighted by Gasteiger charge is -2.28. The summed E-state index contributed by atoms with van der Waals surface area (Å²) in [7, 11) is -2.21. The van der Waals surface area contributed by atoms with Gasteiger partial charge in [0, 0.05) is 66.0 Å². The molecule has 0 bridgehead atoms. The Balaban J connectivity index is 1.58. The van der Waals surface area contributed by atoms with Crippen molar-refractivity contribution in [2.45, 2.75) is 39.2 Å². The van der Waals surface area contributed by atoms with Crippen molar-refractivity contribution in [2.24, 2.45) is 0 Å². The second kappa shape index (κ2) is 10.7. The number of hydrogen-bond acceptors (Lipinski definition) is 8. The highest BCUT2D eigenvalue weighted by Crippen LogP contribution is 2.44. The molecule has 0 saturated heterocycles. The number of nitrogens with zero attached hydrogens (tertiary/aromatic N) is 3. The fraction of sp³-hybridized carbons (Fsp3) is 0.281. The molecule has 11 heteroatoms. The van der Waals surface area contributed by atoms with Crippen molar-refractivity contribution in [3.63, 3.8) is 0 Å². The molecule has 0 saturated carbocycles. The second-order valence-corrected chi connectivity index (χ2v) is 14.1. The number of sulfonamides is 1. The number of benzene rings is 2. The lowest BCUT2D eigenvalue weighted by atomic mass is 9.96. The summed E-state index contributed by atoms with van der Waals surface area (Å²) in [5.41, 5.74) is 4.15. The zero-order valence-corrected chi connectivity index (χ0v) is 26.0. The highest BCUT2D eigenvalue weighted by Gasteiger charge is 2.32. The Hall–Kier alpha value is -3.93. The van der Waals surface area contributed by atoms with Crippen LogP contribution in [0.15, 0.2) is 59.3 Å². The summed E-state index contributed by atoms with van der Waals surface area (Å²) in [6, 6.07) is 11.0. The Morgan fingerprint density at radius 3 is 2.49 bits per heavy atom. The minimum absolute atomic E-state index is 0.154. The van der Waals surface area contributed by atoms with Gasteiger partial charge in [0.2, 0.25) is 10.0 Å². The van der Waals surface area contributed by atoms with Crippen LogP contribution < -0.4 is 4.31 Å². The zero-order chi connectivity index (χ0) is 30.7. The number of rotatable bonds is 7. The number of ether oxygens (including phenoxy) is 1. The van der Waals surface area contributed by atoms with Crippen LogP contribution in [0.4, 0.5) is 10.1 Å². The zero-order valence-electron chi connectivity index (χ0n) is 24.4. The summed E-state index contributed by atoms with van der Waals surface area (Å²) in [5, 5.41) is 1.32. The standard InChI is InChI=1S/C32H30FN3O5S2/c1-6-26(37)28-23-14-22(19-13-20(17-34-16-19)31-35-24-11-12-40-32(2,3)30(24)42-31)25(36(4)43(5,38)39)15-27(23)41-29(28)18-7-9-21(33)10-8-18/h7-10,13-17H,6,11-12H2,1-5H3. The molecule has 0 unspecified atom stereocenters. The fourth-order valence-corrected chi connectivity index (χ4v) is 7.01. The molecule has 6 rings (SSSR count). The maximum atomic E-state index is 13.7. The summed E-state index contributed by atoms with van der Waals surface area (Å²) in [6.45, 7) is 6.43. The van der Waals surface area contributed by atoms with Crippen LogP contribution in [0.25, 0.3) is 44.0 Å². The van der Waals surface area contributed by atoms with E-state index in [4.69, 9.17) is 14.1 Å². The van der Waals surface area contributed by atoms with Crippen molar-refractivity contribution in [3.8, 4) is 33.0 Å². The Morgan fingerprint density at radius 2 is 1.81 bits per heavy atom. The number of anilines is 1. The highest BCUT2D eigenvalue weighted by molar-refractivity contribution is 7.92. The summed E-state index contributed by atoms with van der Waals surface area (Å²) in [4.78, 5) is 23.8. The molecule has 222 valence electrons. The van der Waals surface area contributed by atoms with Gasteiger partial charge in [-0.15, -0.1) is 11.3 Å². The van der Waals surface area contributed by atoms with Crippen molar-refractivity contribution < 1.29 is 26.8 Å². The van der Waals surface area contributed by atoms with Crippen LogP contribution in [0.3, 0.4) is 0 Å². The molecule has 4 heterocycles. The SMILES string of the molecule is CCC(=O)c1c(-c2ccc(F)cc2)oc2cc(N(C)S(C)(=O)=O)c(-c3cncc(-c4nc5c(s4)C(C)(C)OCC5)c3)cc12. The van der Waals surface area contributed by atoms with E-state index in [2.05, 4.69) is 4.98 Å². The van der Waals surface area contributed by atoms with Gasteiger partial charge in [-0.1, -0.05) is 6.92 Å². The maximum absolute atomic E-state index is 13.7. The Bertz CT molecular complexity index is 2000. The van der Waals surface area contributed by atoms with E-state index in [1.165, 1.54) is 23.5 Å². The van der Waals surface area contributed by atoms with E-state index < -0.39 is 21.4 Å². The number of furan rings is 1. The summed E-state index contributed by atoms with van der Waals surface area (Å²) >= 11 is 1.56. The van der Waals surface area contributed by atoms with Gasteiger partial charge in [-0.05, 0) is 50.2 Å². The van der Waals surface area contributed by atoms with Crippen LogP contribution >= 0.6 is 11.3 Å². The third-order valence-electron chi connectivity index (χ3n) is 7.69. The molecule has 8 nitrogen and oxygen atoms in total. The van der Waals surface area contributed by atoms with Gasteiger partial charge in [-0.2, -0.15) is 0 Å². The van der Waals surface area contributed by atoms with Gasteiger partial charge in [0.25, 0.3) is 0 Å². The van der Waals surface area contributed by atoms with E-state index in [9.17, 15) is 17.6 Å². The number of carbonyl (C=O) groups excluding carboxylic acids is 1. The van der Waals surface area contributed by atoms with Crippen LogP contribution in [-0.2, 0) is 26.8 Å². The second-order valence-electron chi connectivity index (χ2n) is 11.1. The first-order valence-electron chi connectivity index (χ1n) is 13.8. The number of pyridine rings is 1. The highest BCUT2D eigenvalue weighted by atomic mass is 32.2. The predicted molar refractivity (Wildman–Crippen MR) is 166 cm³/mol. The first kappa shape index (κ1) is 29.2. The van der Waals surface area contributed by atoms with Gasteiger partial charge >= 0.3 is 0 Å². The smallest absolute Gasteiger partial charge is 0.232 e. The summed E-state index contributed by atoms with van der Waals surface area (Å²) in [6.07, 6.45) is 5.46. The molecule has 0 spiro atoms. The number of Topliss-reactive ketones (excluding diaryl/α,β-unsaturated/α-hetero) is 1. The van der Waals surface area contributed by atoms with E-state index in [-0.39, 0.29) is 12.2 Å². The molecule has 0 N–H and O–H groups in total. The average molecular weight is 620 g/mol. The monoisotopic (exact) mass is 619 g/mol. The predicted octanol–water partition coefficient (Wildman–Crippen LogP) is 7.22. The maximum Gasteiger partial charge on any atom is 0.232 e. The lowest BCUT2D eigenvalue weighted by Crippen LogP contribution is -2.27. The van der Waals surface area contributed by atoms with Gasteiger partial charge in [0.15, 0.2) is 5.78 Å². The number of halogens is 1. The molecular weight excluding hydrogens is 590 g/mol. The van der Waals surface area contributed by atoms with Crippen LogP contribution in [0.2, 0.25) is 0 Å². The average Bonchev–Trinajstić information content (AvgIpc) is 3.58. The third kappa shape index (κ3) is 5.26. The fourth-order valence-electron chi connectivity index (χ4n) is 5.35. The quantitative estimate of drug-likeness (QED) is 0.177. The van der Waals surface area contributed by atoms with Crippen molar-refractivity contribution in [1.29, 1.82) is 0 Å². The molecule has 0 aliphatic carbocycles. The molecular formula is C32H30FN3O5S2. The molecule has 43 heavy (non-hydrogen) atoms. The topological polar surface area (TPSA) is 103 Å². The Labute approximate surface area is 253 Å². The van der Waals surface area contributed by atoms with Crippen molar-refractivity contribution in [2.75, 3.05) is 24.2 Å². The van der Waals surface area contributed by atoms with Crippen molar-refractivity contribution >= 4 is 43.8 Å². The van der Waals surface area contributed by atoms with Gasteiger partial charge in [-0.25, -0.2) is 17.8 Å². The lowest BCUT2D eigenvalue weighted by molar-refractivity contribution is -0.0290. The first-order valence-corrected chi connectivity index (χ1v) is 16.5. The Morgan fingerprint density at radius 1 is 1.09 bits per heavy atom. The Kier molecular flexibility index (Phi) is 7.22. The molecule has 1 aliphatic rings. The van der Waals surface area contributed by atoms with E-state index >= 15 is 0 Å². The van der Waals surface area contributed by atoms with E-state index in [1.54, 1.807) is 54.9 Å². The number of aromatic nitrogens is 2. The van der Waals surface area contributed by atoms with Crippen LogP contribution in [0, 0.1) is 5.82 Å². The van der Waals surface area contributed by atoms with E-state index in [0.29, 0.717) is 51.3 Å². The van der Waals surface area contributed by atoms with Gasteiger partial charge in [0.05, 0.1) is 40.3 Å². The number of thiazole rings is 1. The molecule has 0 amide bonds. The molecule has 5 aromatic rings. The number of fused-ring (bicyclic) bond motifs is 2. The minimum Gasteiger partial charge on any atom is -0.455 e. The normalized spacial score (nSPS) is 14.6.